The molecule has 112 valence electrons. The standard InChI is InChI=1S/C15H17NO5/c1-4-5-21-15(19)16-12-7-10(20-3)6-9(2)11(12)8-13(16)14(17)18/h4,6-7,13H,1,5,8H2,2-3H3,(H,17,18). The molecule has 0 spiro atoms. The maximum Gasteiger partial charge on any atom is 0.415 e. The Hall–Kier alpha value is -2.50. The topological polar surface area (TPSA) is 76.1 Å². The third-order valence-electron chi connectivity index (χ3n) is 3.43. The first-order chi connectivity index (χ1) is 9.99. The average Bonchev–Trinajstić information content (AvgIpc) is 2.84. The Kier molecular flexibility index (Phi) is 4.16. The smallest absolute Gasteiger partial charge is 0.415 e. The van der Waals surface area contributed by atoms with E-state index in [-0.39, 0.29) is 13.0 Å². The molecule has 6 nitrogen and oxygen atoms in total. The molecule has 0 radical (unpaired) electrons. The molecular formula is C15H17NO5. The van der Waals surface area contributed by atoms with Gasteiger partial charge in [0.2, 0.25) is 0 Å². The number of benzene rings is 1. The van der Waals surface area contributed by atoms with Crippen LogP contribution in [0.15, 0.2) is 24.8 Å². The molecular weight excluding hydrogens is 274 g/mol. The van der Waals surface area contributed by atoms with Crippen molar-refractivity contribution < 1.29 is 24.2 Å². The SMILES string of the molecule is C=CCOC(=O)N1c2cc(OC)cc(C)c2CC1C(=O)O. The number of anilines is 1. The van der Waals surface area contributed by atoms with E-state index in [2.05, 4.69) is 6.58 Å². The van der Waals surface area contributed by atoms with Crippen molar-refractivity contribution >= 4 is 17.7 Å². The van der Waals surface area contributed by atoms with Gasteiger partial charge in [-0.3, -0.25) is 4.90 Å². The van der Waals surface area contributed by atoms with Crippen LogP contribution in [-0.2, 0) is 16.0 Å². The van der Waals surface area contributed by atoms with Crippen LogP contribution < -0.4 is 9.64 Å². The molecule has 0 saturated carbocycles. The third kappa shape index (κ3) is 2.69. The fraction of sp³-hybridized carbons (Fsp3) is 0.333. The quantitative estimate of drug-likeness (QED) is 0.860. The second-order valence-corrected chi connectivity index (χ2v) is 4.74. The predicted molar refractivity (Wildman–Crippen MR) is 76.9 cm³/mol. The minimum atomic E-state index is -1.07. The zero-order valence-electron chi connectivity index (χ0n) is 12.0. The summed E-state index contributed by atoms with van der Waals surface area (Å²) in [6.07, 6.45) is 0.985. The lowest BCUT2D eigenvalue weighted by molar-refractivity contribution is -0.138. The van der Waals surface area contributed by atoms with Crippen molar-refractivity contribution in [1.29, 1.82) is 0 Å². The van der Waals surface area contributed by atoms with Crippen LogP contribution in [0.1, 0.15) is 11.1 Å². The van der Waals surface area contributed by atoms with Crippen molar-refractivity contribution in [3.8, 4) is 5.75 Å². The van der Waals surface area contributed by atoms with Crippen LogP contribution in [-0.4, -0.2) is 36.9 Å². The van der Waals surface area contributed by atoms with E-state index < -0.39 is 18.1 Å². The summed E-state index contributed by atoms with van der Waals surface area (Å²) < 4.78 is 10.2. The van der Waals surface area contributed by atoms with Crippen LogP contribution in [0.4, 0.5) is 10.5 Å². The number of nitrogens with zero attached hydrogens (tertiary/aromatic N) is 1. The number of carboxylic acids is 1. The average molecular weight is 291 g/mol. The molecule has 1 atom stereocenters. The molecule has 0 aromatic heterocycles. The number of carboxylic acid groups (broad SMARTS) is 1. The predicted octanol–water partition coefficient (Wildman–Crippen LogP) is 2.14. The highest BCUT2D eigenvalue weighted by Crippen LogP contribution is 2.38. The van der Waals surface area contributed by atoms with Crippen molar-refractivity contribution in [2.45, 2.75) is 19.4 Å². The van der Waals surface area contributed by atoms with E-state index in [0.717, 1.165) is 16.0 Å². The lowest BCUT2D eigenvalue weighted by Gasteiger charge is -2.22. The molecule has 1 aliphatic rings. The second-order valence-electron chi connectivity index (χ2n) is 4.74. The fourth-order valence-corrected chi connectivity index (χ4v) is 2.44. The largest absolute Gasteiger partial charge is 0.497 e. The van der Waals surface area contributed by atoms with E-state index >= 15 is 0 Å². The van der Waals surface area contributed by atoms with Gasteiger partial charge in [-0.05, 0) is 24.1 Å². The van der Waals surface area contributed by atoms with Crippen LogP contribution in [0.25, 0.3) is 0 Å². The molecule has 1 N–H and O–H groups in total. The Labute approximate surface area is 122 Å². The second kappa shape index (κ2) is 5.87. The van der Waals surface area contributed by atoms with Gasteiger partial charge in [-0.15, -0.1) is 0 Å². The van der Waals surface area contributed by atoms with Gasteiger partial charge in [0.15, 0.2) is 0 Å². The number of hydrogen-bond acceptors (Lipinski definition) is 4. The lowest BCUT2D eigenvalue weighted by atomic mass is 10.0. The Bertz CT molecular complexity index is 596. The maximum absolute atomic E-state index is 12.1. The number of carbonyl (C=O) groups is 2. The van der Waals surface area contributed by atoms with Crippen molar-refractivity contribution in [3.63, 3.8) is 0 Å². The van der Waals surface area contributed by atoms with E-state index in [4.69, 9.17) is 9.47 Å². The van der Waals surface area contributed by atoms with Crippen LogP contribution >= 0.6 is 0 Å². The molecule has 1 aliphatic heterocycles. The van der Waals surface area contributed by atoms with E-state index in [1.165, 1.54) is 13.2 Å². The third-order valence-corrected chi connectivity index (χ3v) is 3.43. The van der Waals surface area contributed by atoms with Gasteiger partial charge in [0, 0.05) is 12.5 Å². The van der Waals surface area contributed by atoms with E-state index in [0.29, 0.717) is 11.4 Å². The van der Waals surface area contributed by atoms with Gasteiger partial charge in [-0.1, -0.05) is 12.7 Å². The Morgan fingerprint density at radius 3 is 2.81 bits per heavy atom. The minimum absolute atomic E-state index is 0.0277. The molecule has 0 fully saturated rings. The van der Waals surface area contributed by atoms with Crippen LogP contribution in [0.2, 0.25) is 0 Å². The molecule has 0 bridgehead atoms. The van der Waals surface area contributed by atoms with Crippen molar-refractivity contribution in [2.24, 2.45) is 0 Å². The van der Waals surface area contributed by atoms with Crippen molar-refractivity contribution in [1.82, 2.24) is 0 Å². The number of methoxy groups -OCH3 is 1. The summed E-state index contributed by atoms with van der Waals surface area (Å²) >= 11 is 0. The van der Waals surface area contributed by atoms with Gasteiger partial charge >= 0.3 is 12.1 Å². The summed E-state index contributed by atoms with van der Waals surface area (Å²) in [5, 5.41) is 9.35. The Morgan fingerprint density at radius 1 is 1.52 bits per heavy atom. The fourth-order valence-electron chi connectivity index (χ4n) is 2.44. The molecule has 21 heavy (non-hydrogen) atoms. The van der Waals surface area contributed by atoms with Crippen LogP contribution in [0, 0.1) is 6.92 Å². The van der Waals surface area contributed by atoms with Crippen molar-refractivity contribution in [3.05, 3.63) is 35.9 Å². The lowest BCUT2D eigenvalue weighted by Crippen LogP contribution is -2.43. The minimum Gasteiger partial charge on any atom is -0.497 e. The zero-order valence-corrected chi connectivity index (χ0v) is 12.0. The number of hydrogen-bond donors (Lipinski definition) is 1. The summed E-state index contributed by atoms with van der Waals surface area (Å²) in [5.74, 6) is -0.501. The number of fused-ring (bicyclic) bond motifs is 1. The molecule has 0 aliphatic carbocycles. The highest BCUT2D eigenvalue weighted by molar-refractivity contribution is 5.99. The first kappa shape index (κ1) is 14.9. The molecule has 1 aromatic rings. The summed E-state index contributed by atoms with van der Waals surface area (Å²) in [4.78, 5) is 24.7. The van der Waals surface area contributed by atoms with E-state index in [9.17, 15) is 14.7 Å². The summed E-state index contributed by atoms with van der Waals surface area (Å²) in [6, 6.07) is 2.50. The van der Waals surface area contributed by atoms with Gasteiger partial charge in [0.25, 0.3) is 0 Å². The van der Waals surface area contributed by atoms with Crippen LogP contribution in [0.5, 0.6) is 5.75 Å². The molecule has 1 heterocycles. The number of rotatable bonds is 4. The molecule has 1 amide bonds. The number of aliphatic carboxylic acids is 1. The summed E-state index contributed by atoms with van der Waals surface area (Å²) in [6.45, 7) is 5.35. The number of carbonyl (C=O) groups excluding carboxylic acids is 1. The van der Waals surface area contributed by atoms with E-state index in [1.54, 1.807) is 6.07 Å². The number of amides is 1. The highest BCUT2D eigenvalue weighted by Gasteiger charge is 2.40. The first-order valence-electron chi connectivity index (χ1n) is 6.46. The Balaban J connectivity index is 2.45. The summed E-state index contributed by atoms with van der Waals surface area (Å²) in [5.41, 5.74) is 2.22. The first-order valence-corrected chi connectivity index (χ1v) is 6.46. The van der Waals surface area contributed by atoms with Crippen LogP contribution in [0.3, 0.4) is 0 Å². The van der Waals surface area contributed by atoms with Gasteiger partial charge in [-0.2, -0.15) is 0 Å². The monoisotopic (exact) mass is 291 g/mol. The van der Waals surface area contributed by atoms with Gasteiger partial charge in [-0.25, -0.2) is 9.59 Å². The normalized spacial score (nSPS) is 16.3. The zero-order chi connectivity index (χ0) is 15.6. The number of ether oxygens (including phenoxy) is 2. The van der Waals surface area contributed by atoms with Gasteiger partial charge in [0.05, 0.1) is 12.8 Å². The van der Waals surface area contributed by atoms with Crippen molar-refractivity contribution in [2.75, 3.05) is 18.6 Å². The summed E-state index contributed by atoms with van der Waals surface area (Å²) in [7, 11) is 1.52. The van der Waals surface area contributed by atoms with Gasteiger partial charge < -0.3 is 14.6 Å². The molecule has 1 unspecified atom stereocenters. The molecule has 1 aromatic carbocycles. The van der Waals surface area contributed by atoms with E-state index in [1.807, 2.05) is 13.0 Å². The highest BCUT2D eigenvalue weighted by atomic mass is 16.6. The molecule has 6 heteroatoms. The Morgan fingerprint density at radius 2 is 2.24 bits per heavy atom. The number of aryl methyl sites for hydroxylation is 1. The maximum atomic E-state index is 12.1. The molecule has 0 saturated heterocycles. The van der Waals surface area contributed by atoms with Gasteiger partial charge in [0.1, 0.15) is 18.4 Å². The molecule has 2 rings (SSSR count).